The smallest absolute Gasteiger partial charge is 0.335 e. The minimum Gasteiger partial charge on any atom is -0.479 e. The number of carbonyl (C=O) groups excluding carboxylic acids is 3. The quantitative estimate of drug-likeness (QED) is 0.0228. The molecule has 0 aromatic heterocycles. The fraction of sp³-hybridized carbons (Fsp3) is 0.714. The van der Waals surface area contributed by atoms with Gasteiger partial charge in [-0.15, -0.1) is 0 Å². The Morgan fingerprint density at radius 1 is 0.453 bits per heavy atom. The number of carboxylic acid groups (broad SMARTS) is 1. The average molecular weight is 1050 g/mol. The summed E-state index contributed by atoms with van der Waals surface area (Å²) < 4.78 is 28.4. The zero-order valence-electron chi connectivity index (χ0n) is 47.0. The standard InChI is InChI=1S/C63H104O12/c1-4-7-10-13-16-19-22-25-27-28-30-32-34-37-40-43-46-49-55(64)71-52-54(73-56(65)50-47-44-41-38-36-33-29-26-23-20-17-14-11-8-5-2)53-72-63-61(59(68)58(67)60(75-63)62(69)70)74-57(66)51-48-45-42-39-35-31-24-21-18-15-12-9-6-3/h7,10,16-17,19-21,24-27,29-30,32,54,58-61,63,67-68H,4-6,8-9,11-15,18,22-23,28,31,33-53H2,1-3H3,(H,69,70)/b10-7-,19-16-,20-17-,24-21-,27-25-,29-26-,32-30-. The Balaban J connectivity index is 2.73. The normalized spacial score (nSPS) is 18.8. The van der Waals surface area contributed by atoms with Crippen LogP contribution in [0.25, 0.3) is 0 Å². The molecule has 0 aliphatic carbocycles. The highest BCUT2D eigenvalue weighted by molar-refractivity contribution is 5.74. The zero-order chi connectivity index (χ0) is 54.7. The fourth-order valence-corrected chi connectivity index (χ4v) is 8.38. The summed E-state index contributed by atoms with van der Waals surface area (Å²) >= 11 is 0. The van der Waals surface area contributed by atoms with E-state index >= 15 is 0 Å². The predicted octanol–water partition coefficient (Wildman–Crippen LogP) is 15.1. The van der Waals surface area contributed by atoms with Crippen molar-refractivity contribution < 1.29 is 58.2 Å². The third-order valence-electron chi connectivity index (χ3n) is 12.9. The van der Waals surface area contributed by atoms with E-state index in [1.807, 2.05) is 0 Å². The third kappa shape index (κ3) is 40.8. The summed E-state index contributed by atoms with van der Waals surface area (Å²) in [5.41, 5.74) is 0. The second-order valence-corrected chi connectivity index (χ2v) is 19.9. The van der Waals surface area contributed by atoms with Crippen molar-refractivity contribution in [1.29, 1.82) is 0 Å². The number of ether oxygens (including phenoxy) is 5. The maximum atomic E-state index is 13.1. The lowest BCUT2D eigenvalue weighted by Crippen LogP contribution is -2.61. The molecule has 428 valence electrons. The van der Waals surface area contributed by atoms with Crippen molar-refractivity contribution in [1.82, 2.24) is 0 Å². The van der Waals surface area contributed by atoms with Gasteiger partial charge in [0.15, 0.2) is 24.6 Å². The Morgan fingerprint density at radius 3 is 1.32 bits per heavy atom. The number of esters is 3. The van der Waals surface area contributed by atoms with Gasteiger partial charge in [-0.3, -0.25) is 14.4 Å². The molecule has 12 heteroatoms. The van der Waals surface area contributed by atoms with E-state index in [2.05, 4.69) is 106 Å². The van der Waals surface area contributed by atoms with Crippen molar-refractivity contribution in [2.24, 2.45) is 0 Å². The van der Waals surface area contributed by atoms with Crippen LogP contribution in [0.1, 0.15) is 239 Å². The van der Waals surface area contributed by atoms with E-state index in [0.717, 1.165) is 135 Å². The molecule has 0 radical (unpaired) electrons. The molecule has 1 rings (SSSR count). The molecule has 0 aromatic rings. The number of unbranched alkanes of at least 4 members (excludes halogenated alkanes) is 21. The van der Waals surface area contributed by atoms with Gasteiger partial charge in [0.1, 0.15) is 18.8 Å². The molecule has 1 aliphatic rings. The van der Waals surface area contributed by atoms with Crippen molar-refractivity contribution >= 4 is 23.9 Å². The number of carboxylic acids is 1. The van der Waals surface area contributed by atoms with E-state index in [9.17, 15) is 34.5 Å². The van der Waals surface area contributed by atoms with Crippen LogP contribution >= 0.6 is 0 Å². The van der Waals surface area contributed by atoms with Gasteiger partial charge in [0.05, 0.1) is 6.61 Å². The molecule has 3 N–H and O–H groups in total. The van der Waals surface area contributed by atoms with Gasteiger partial charge in [0.2, 0.25) is 0 Å². The molecule has 1 aliphatic heterocycles. The van der Waals surface area contributed by atoms with Gasteiger partial charge < -0.3 is 39.0 Å². The van der Waals surface area contributed by atoms with Crippen molar-refractivity contribution in [2.75, 3.05) is 13.2 Å². The summed E-state index contributed by atoms with van der Waals surface area (Å²) in [6.07, 6.45) is 52.6. The summed E-state index contributed by atoms with van der Waals surface area (Å²) in [6, 6.07) is 0. The molecule has 12 nitrogen and oxygen atoms in total. The molecular formula is C63H104O12. The van der Waals surface area contributed by atoms with E-state index in [0.29, 0.717) is 19.3 Å². The van der Waals surface area contributed by atoms with Gasteiger partial charge in [0.25, 0.3) is 0 Å². The highest BCUT2D eigenvalue weighted by Gasteiger charge is 2.50. The number of allylic oxidation sites excluding steroid dienone is 14. The summed E-state index contributed by atoms with van der Waals surface area (Å²) in [5, 5.41) is 31.5. The van der Waals surface area contributed by atoms with E-state index in [1.54, 1.807) is 0 Å². The van der Waals surface area contributed by atoms with Gasteiger partial charge in [-0.25, -0.2) is 4.79 Å². The first-order valence-corrected chi connectivity index (χ1v) is 29.6. The second kappa shape index (κ2) is 50.7. The molecule has 0 amide bonds. The third-order valence-corrected chi connectivity index (χ3v) is 12.9. The molecule has 6 unspecified atom stereocenters. The summed E-state index contributed by atoms with van der Waals surface area (Å²) in [7, 11) is 0. The summed E-state index contributed by atoms with van der Waals surface area (Å²) in [6.45, 7) is 5.79. The lowest BCUT2D eigenvalue weighted by Gasteiger charge is -2.40. The van der Waals surface area contributed by atoms with Crippen LogP contribution in [0.2, 0.25) is 0 Å². The molecule has 0 bridgehead atoms. The van der Waals surface area contributed by atoms with Gasteiger partial charge >= 0.3 is 23.9 Å². The Hall–Kier alpha value is -4.10. The van der Waals surface area contributed by atoms with Crippen molar-refractivity contribution in [2.45, 2.75) is 276 Å². The molecular weight excluding hydrogens is 949 g/mol. The first kappa shape index (κ1) is 68.9. The SMILES string of the molecule is CC/C=C\C/C=C\C/C=C\C/C=C\CCCCCCC(=O)OCC(COC1OC(C(=O)O)C(O)C(O)C1OC(=O)CCCCCCC/C=C\CCCCCC)OC(=O)CCCCCCC/C=C\C/C=C\CCCCC. The van der Waals surface area contributed by atoms with Crippen LogP contribution in [0.5, 0.6) is 0 Å². The molecule has 1 saturated heterocycles. The van der Waals surface area contributed by atoms with Crippen LogP contribution in [-0.2, 0) is 42.9 Å². The van der Waals surface area contributed by atoms with Gasteiger partial charge in [-0.2, -0.15) is 0 Å². The molecule has 75 heavy (non-hydrogen) atoms. The number of aliphatic carboxylic acids is 1. The molecule has 1 fully saturated rings. The molecule has 1 heterocycles. The second-order valence-electron chi connectivity index (χ2n) is 19.9. The maximum Gasteiger partial charge on any atom is 0.335 e. The largest absolute Gasteiger partial charge is 0.479 e. The Bertz CT molecular complexity index is 1630. The number of aliphatic hydroxyl groups is 2. The van der Waals surface area contributed by atoms with Crippen molar-refractivity contribution in [3.8, 4) is 0 Å². The average Bonchev–Trinajstić information content (AvgIpc) is 3.39. The Labute approximate surface area is 454 Å². The van der Waals surface area contributed by atoms with Crippen LogP contribution in [-0.4, -0.2) is 89.2 Å². The van der Waals surface area contributed by atoms with Crippen LogP contribution in [0, 0.1) is 0 Å². The highest BCUT2D eigenvalue weighted by Crippen LogP contribution is 2.26. The summed E-state index contributed by atoms with van der Waals surface area (Å²) in [5.74, 6) is -3.18. The van der Waals surface area contributed by atoms with E-state index in [-0.39, 0.29) is 25.9 Å². The van der Waals surface area contributed by atoms with Crippen LogP contribution in [0.4, 0.5) is 0 Å². The predicted molar refractivity (Wildman–Crippen MR) is 303 cm³/mol. The van der Waals surface area contributed by atoms with Crippen molar-refractivity contribution in [3.05, 3.63) is 85.1 Å². The fourth-order valence-electron chi connectivity index (χ4n) is 8.38. The van der Waals surface area contributed by atoms with Crippen LogP contribution in [0.3, 0.4) is 0 Å². The first-order chi connectivity index (χ1) is 36.6. The Kier molecular flexibility index (Phi) is 46.6. The topological polar surface area (TPSA) is 175 Å². The first-order valence-electron chi connectivity index (χ1n) is 29.6. The molecule has 6 atom stereocenters. The lowest BCUT2D eigenvalue weighted by molar-refractivity contribution is -0.301. The highest BCUT2D eigenvalue weighted by atomic mass is 16.7. The monoisotopic (exact) mass is 1050 g/mol. The molecule has 0 aromatic carbocycles. The molecule has 0 saturated carbocycles. The number of hydrogen-bond donors (Lipinski definition) is 3. The van der Waals surface area contributed by atoms with Crippen LogP contribution in [0.15, 0.2) is 85.1 Å². The minimum absolute atomic E-state index is 0.0434. The summed E-state index contributed by atoms with van der Waals surface area (Å²) in [4.78, 5) is 51.1. The van der Waals surface area contributed by atoms with E-state index in [4.69, 9.17) is 23.7 Å². The number of rotatable bonds is 49. The number of aliphatic hydroxyl groups excluding tert-OH is 2. The van der Waals surface area contributed by atoms with Crippen LogP contribution < -0.4 is 0 Å². The minimum atomic E-state index is -1.91. The zero-order valence-corrected chi connectivity index (χ0v) is 47.0. The van der Waals surface area contributed by atoms with E-state index < -0.39 is 67.3 Å². The number of carbonyl (C=O) groups is 4. The van der Waals surface area contributed by atoms with Gasteiger partial charge in [0, 0.05) is 19.3 Å². The Morgan fingerprint density at radius 2 is 0.840 bits per heavy atom. The molecule has 0 spiro atoms. The van der Waals surface area contributed by atoms with Crippen molar-refractivity contribution in [3.63, 3.8) is 0 Å². The maximum absolute atomic E-state index is 13.1. The number of hydrogen-bond acceptors (Lipinski definition) is 11. The van der Waals surface area contributed by atoms with Gasteiger partial charge in [-0.1, -0.05) is 189 Å². The lowest BCUT2D eigenvalue weighted by atomic mass is 9.98. The van der Waals surface area contributed by atoms with E-state index in [1.165, 1.54) is 44.9 Å². The van der Waals surface area contributed by atoms with Gasteiger partial charge in [-0.05, 0) is 116 Å².